The summed E-state index contributed by atoms with van der Waals surface area (Å²) in [6.07, 6.45) is 1.55. The number of nitrogens with zero attached hydrogens (tertiary/aromatic N) is 1. The van der Waals surface area contributed by atoms with Crippen LogP contribution in [0.4, 0.5) is 4.39 Å². The molecule has 162 valence electrons. The predicted molar refractivity (Wildman–Crippen MR) is 121 cm³/mol. The van der Waals surface area contributed by atoms with E-state index in [1.54, 1.807) is 28.8 Å². The van der Waals surface area contributed by atoms with Crippen LogP contribution in [0.1, 0.15) is 38.7 Å². The number of amides is 2. The van der Waals surface area contributed by atoms with Crippen LogP contribution in [-0.4, -0.2) is 35.1 Å². The highest BCUT2D eigenvalue weighted by Crippen LogP contribution is 2.22. The highest BCUT2D eigenvalue weighted by Gasteiger charge is 2.27. The Bertz CT molecular complexity index is 815. The molecule has 0 aliphatic carbocycles. The Morgan fingerprint density at radius 3 is 2.37 bits per heavy atom. The van der Waals surface area contributed by atoms with Crippen LogP contribution >= 0.6 is 23.4 Å². The maximum atomic E-state index is 13.2. The number of carbonyl (C=O) groups excluding carboxylic acids is 2. The summed E-state index contributed by atoms with van der Waals surface area (Å²) in [6, 6.07) is 13.1. The van der Waals surface area contributed by atoms with Gasteiger partial charge in [0.1, 0.15) is 11.9 Å². The van der Waals surface area contributed by atoms with E-state index in [9.17, 15) is 14.0 Å². The number of hydrogen-bond donors (Lipinski definition) is 1. The topological polar surface area (TPSA) is 49.4 Å². The summed E-state index contributed by atoms with van der Waals surface area (Å²) in [5.41, 5.74) is 0.794. The Kier molecular flexibility index (Phi) is 10.2. The summed E-state index contributed by atoms with van der Waals surface area (Å²) < 4.78 is 13.2. The first-order chi connectivity index (χ1) is 14.4. The Balaban J connectivity index is 2.01. The third-order valence-corrected chi connectivity index (χ3v) is 5.97. The van der Waals surface area contributed by atoms with Gasteiger partial charge in [-0.15, -0.1) is 11.8 Å². The average molecular weight is 451 g/mol. The molecule has 0 saturated carbocycles. The third kappa shape index (κ3) is 7.65. The highest BCUT2D eigenvalue weighted by molar-refractivity contribution is 7.99. The molecule has 0 aliphatic heterocycles. The Labute approximate surface area is 187 Å². The van der Waals surface area contributed by atoms with Crippen molar-refractivity contribution in [3.8, 4) is 0 Å². The van der Waals surface area contributed by atoms with Gasteiger partial charge in [-0.25, -0.2) is 4.39 Å². The van der Waals surface area contributed by atoms with Crippen molar-refractivity contribution in [3.63, 3.8) is 0 Å². The van der Waals surface area contributed by atoms with E-state index in [-0.39, 0.29) is 24.2 Å². The molecule has 0 bridgehead atoms. The van der Waals surface area contributed by atoms with Gasteiger partial charge in [-0.2, -0.15) is 0 Å². The monoisotopic (exact) mass is 450 g/mol. The van der Waals surface area contributed by atoms with E-state index in [2.05, 4.69) is 5.32 Å². The van der Waals surface area contributed by atoms with Crippen molar-refractivity contribution in [1.29, 1.82) is 0 Å². The van der Waals surface area contributed by atoms with Gasteiger partial charge in [-0.3, -0.25) is 9.59 Å². The summed E-state index contributed by atoms with van der Waals surface area (Å²) in [5, 5.41) is 3.51. The molecule has 1 atom stereocenters. The molecule has 2 aromatic carbocycles. The van der Waals surface area contributed by atoms with E-state index in [0.717, 1.165) is 16.2 Å². The van der Waals surface area contributed by atoms with Gasteiger partial charge in [0.05, 0.1) is 0 Å². The lowest BCUT2D eigenvalue weighted by Crippen LogP contribution is -2.49. The van der Waals surface area contributed by atoms with E-state index >= 15 is 0 Å². The van der Waals surface area contributed by atoms with Crippen LogP contribution in [0.25, 0.3) is 0 Å². The maximum Gasteiger partial charge on any atom is 0.242 e. The lowest BCUT2D eigenvalue weighted by atomic mass is 10.1. The molecule has 2 rings (SSSR count). The van der Waals surface area contributed by atoms with Crippen molar-refractivity contribution < 1.29 is 14.0 Å². The third-order valence-electron chi connectivity index (χ3n) is 4.62. The number of thioether (sulfide) groups is 1. The second-order valence-electron chi connectivity index (χ2n) is 6.87. The number of likely N-dealkylation sites (N-methyl/N-ethyl adjacent to an activating group) is 1. The van der Waals surface area contributed by atoms with E-state index in [0.29, 0.717) is 30.8 Å². The van der Waals surface area contributed by atoms with Crippen molar-refractivity contribution in [3.05, 3.63) is 64.9 Å². The minimum atomic E-state index is -0.550. The lowest BCUT2D eigenvalue weighted by Gasteiger charge is -2.30. The fourth-order valence-electron chi connectivity index (χ4n) is 3.09. The maximum absolute atomic E-state index is 13.2. The van der Waals surface area contributed by atoms with Crippen LogP contribution in [0.5, 0.6) is 0 Å². The zero-order valence-corrected chi connectivity index (χ0v) is 18.9. The molecule has 4 nitrogen and oxygen atoms in total. The van der Waals surface area contributed by atoms with Gasteiger partial charge in [0, 0.05) is 29.4 Å². The molecule has 1 N–H and O–H groups in total. The van der Waals surface area contributed by atoms with Gasteiger partial charge in [-0.05, 0) is 67.5 Å². The molecule has 0 radical (unpaired) electrons. The van der Waals surface area contributed by atoms with E-state index < -0.39 is 6.04 Å². The largest absolute Gasteiger partial charge is 0.355 e. The first-order valence-electron chi connectivity index (χ1n) is 10.1. The number of halogens is 2. The SMILES string of the molecule is CCNC(=O)[C@@H](CC)N(Cc1ccc(F)cc1)C(=O)CCCSc1ccc(Cl)cc1. The summed E-state index contributed by atoms with van der Waals surface area (Å²) in [6.45, 7) is 4.52. The number of hydrogen-bond acceptors (Lipinski definition) is 3. The molecule has 2 amide bonds. The number of benzene rings is 2. The standard InChI is InChI=1S/C23H28ClFN2O2S/c1-3-21(23(29)26-4-2)27(16-17-7-11-19(25)12-8-17)22(28)6-5-15-30-20-13-9-18(24)10-14-20/h7-14,21H,3-6,15-16H2,1-2H3,(H,26,29)/t21-/m1/s1. The average Bonchev–Trinajstić information content (AvgIpc) is 2.74. The zero-order valence-electron chi connectivity index (χ0n) is 17.4. The fourth-order valence-corrected chi connectivity index (χ4v) is 4.06. The smallest absolute Gasteiger partial charge is 0.242 e. The molecule has 2 aromatic rings. The predicted octanol–water partition coefficient (Wildman–Crippen LogP) is 5.29. The molecule has 0 heterocycles. The number of rotatable bonds is 11. The zero-order chi connectivity index (χ0) is 21.9. The Morgan fingerprint density at radius 1 is 1.10 bits per heavy atom. The van der Waals surface area contributed by atoms with Gasteiger partial charge in [-0.1, -0.05) is 30.7 Å². The Hall–Kier alpha value is -2.05. The van der Waals surface area contributed by atoms with Gasteiger partial charge in [0.25, 0.3) is 0 Å². The molecule has 7 heteroatoms. The van der Waals surface area contributed by atoms with Gasteiger partial charge in [0.15, 0.2) is 0 Å². The minimum absolute atomic E-state index is 0.0749. The second kappa shape index (κ2) is 12.6. The van der Waals surface area contributed by atoms with Crippen LogP contribution in [0, 0.1) is 5.82 Å². The fraction of sp³-hybridized carbons (Fsp3) is 0.391. The number of nitrogens with one attached hydrogen (secondary N) is 1. The van der Waals surface area contributed by atoms with Crippen LogP contribution in [-0.2, 0) is 16.1 Å². The summed E-state index contributed by atoms with van der Waals surface area (Å²) in [4.78, 5) is 28.3. The lowest BCUT2D eigenvalue weighted by molar-refractivity contribution is -0.141. The van der Waals surface area contributed by atoms with Crippen LogP contribution in [0.2, 0.25) is 5.02 Å². The van der Waals surface area contributed by atoms with E-state index in [4.69, 9.17) is 11.6 Å². The quantitative estimate of drug-likeness (QED) is 0.373. The van der Waals surface area contributed by atoms with Gasteiger partial charge >= 0.3 is 0 Å². The van der Waals surface area contributed by atoms with E-state index in [1.807, 2.05) is 38.1 Å². The Morgan fingerprint density at radius 2 is 1.77 bits per heavy atom. The molecule has 0 fully saturated rings. The van der Waals surface area contributed by atoms with Crippen LogP contribution in [0.3, 0.4) is 0 Å². The highest BCUT2D eigenvalue weighted by atomic mass is 35.5. The van der Waals surface area contributed by atoms with Crippen molar-refractivity contribution >= 4 is 35.2 Å². The van der Waals surface area contributed by atoms with Crippen molar-refractivity contribution in [2.75, 3.05) is 12.3 Å². The van der Waals surface area contributed by atoms with Crippen LogP contribution < -0.4 is 5.32 Å². The van der Waals surface area contributed by atoms with Crippen molar-refractivity contribution in [1.82, 2.24) is 10.2 Å². The second-order valence-corrected chi connectivity index (χ2v) is 8.48. The van der Waals surface area contributed by atoms with E-state index in [1.165, 1.54) is 12.1 Å². The summed E-state index contributed by atoms with van der Waals surface area (Å²) >= 11 is 7.57. The number of carbonyl (C=O) groups is 2. The first-order valence-corrected chi connectivity index (χ1v) is 11.5. The van der Waals surface area contributed by atoms with Crippen molar-refractivity contribution in [2.24, 2.45) is 0 Å². The molecule has 0 spiro atoms. The molecule has 30 heavy (non-hydrogen) atoms. The minimum Gasteiger partial charge on any atom is -0.355 e. The first kappa shape index (κ1) is 24.2. The molecular weight excluding hydrogens is 423 g/mol. The van der Waals surface area contributed by atoms with Gasteiger partial charge < -0.3 is 10.2 Å². The molecule has 0 unspecified atom stereocenters. The molecule has 0 saturated heterocycles. The normalized spacial score (nSPS) is 11.7. The summed E-state index contributed by atoms with van der Waals surface area (Å²) in [5.74, 6) is 0.224. The van der Waals surface area contributed by atoms with Gasteiger partial charge in [0.2, 0.25) is 11.8 Å². The van der Waals surface area contributed by atoms with Crippen LogP contribution in [0.15, 0.2) is 53.4 Å². The molecule has 0 aliphatic rings. The molecule has 0 aromatic heterocycles. The van der Waals surface area contributed by atoms with Crippen molar-refractivity contribution in [2.45, 2.75) is 50.6 Å². The summed E-state index contributed by atoms with van der Waals surface area (Å²) in [7, 11) is 0. The molecular formula is C23H28ClFN2O2S.